The number of benzene rings is 1. The van der Waals surface area contributed by atoms with Crippen molar-refractivity contribution in [2.75, 3.05) is 18.5 Å². The summed E-state index contributed by atoms with van der Waals surface area (Å²) in [7, 11) is 0. The second-order valence-electron chi connectivity index (χ2n) is 3.49. The molecule has 0 atom stereocenters. The van der Waals surface area contributed by atoms with Gasteiger partial charge in [0.15, 0.2) is 0 Å². The van der Waals surface area contributed by atoms with Crippen molar-refractivity contribution in [2.24, 2.45) is 0 Å². The van der Waals surface area contributed by atoms with E-state index in [-0.39, 0.29) is 0 Å². The van der Waals surface area contributed by atoms with Crippen LogP contribution in [-0.2, 0) is 0 Å². The minimum atomic E-state index is 0.659. The Morgan fingerprint density at radius 2 is 2.06 bits per heavy atom. The predicted octanol–water partition coefficient (Wildman–Crippen LogP) is 3.07. The van der Waals surface area contributed by atoms with E-state index in [2.05, 4.69) is 23.3 Å². The molecule has 2 rings (SSSR count). The van der Waals surface area contributed by atoms with E-state index in [4.69, 9.17) is 4.74 Å². The molecule has 84 valence electrons. The quantitative estimate of drug-likeness (QED) is 0.852. The normalized spacial score (nSPS) is 10.4. The minimum absolute atomic E-state index is 0.659. The Labute approximate surface area is 95.5 Å². The lowest BCUT2D eigenvalue weighted by Crippen LogP contribution is -2.00. The summed E-state index contributed by atoms with van der Waals surface area (Å²) in [6, 6.07) is 10.0. The Morgan fingerprint density at radius 3 is 2.81 bits per heavy atom. The Bertz CT molecular complexity index is 482. The topological polar surface area (TPSA) is 34.1 Å². The van der Waals surface area contributed by atoms with E-state index < -0.39 is 0 Å². The lowest BCUT2D eigenvalue weighted by Gasteiger charge is -2.08. The third-order valence-electron chi connectivity index (χ3n) is 2.34. The van der Waals surface area contributed by atoms with E-state index in [0.717, 1.165) is 29.0 Å². The Kier molecular flexibility index (Phi) is 3.25. The number of fused-ring (bicyclic) bond motifs is 1. The third kappa shape index (κ3) is 2.08. The maximum Gasteiger partial charge on any atom is 0.145 e. The molecule has 0 saturated carbocycles. The van der Waals surface area contributed by atoms with Crippen molar-refractivity contribution in [1.82, 2.24) is 4.98 Å². The van der Waals surface area contributed by atoms with Crippen LogP contribution >= 0.6 is 0 Å². The summed E-state index contributed by atoms with van der Waals surface area (Å²) in [5, 5.41) is 4.31. The van der Waals surface area contributed by atoms with Gasteiger partial charge in [-0.15, -0.1) is 0 Å². The van der Waals surface area contributed by atoms with Crippen LogP contribution in [0.2, 0.25) is 0 Å². The van der Waals surface area contributed by atoms with Gasteiger partial charge in [-0.2, -0.15) is 0 Å². The van der Waals surface area contributed by atoms with E-state index in [1.165, 1.54) is 0 Å². The smallest absolute Gasteiger partial charge is 0.145 e. The zero-order chi connectivity index (χ0) is 11.4. The predicted molar refractivity (Wildman–Crippen MR) is 67.1 cm³/mol. The first-order chi connectivity index (χ1) is 7.85. The Morgan fingerprint density at radius 1 is 1.19 bits per heavy atom. The highest BCUT2D eigenvalue weighted by Crippen LogP contribution is 2.25. The number of rotatable bonds is 4. The number of pyridine rings is 1. The van der Waals surface area contributed by atoms with Crippen LogP contribution in [0, 0.1) is 0 Å². The van der Waals surface area contributed by atoms with Gasteiger partial charge in [-0.3, -0.25) is 0 Å². The van der Waals surface area contributed by atoms with Crippen LogP contribution in [0.1, 0.15) is 13.8 Å². The van der Waals surface area contributed by atoms with Gasteiger partial charge in [0.05, 0.1) is 6.61 Å². The number of hydrogen-bond donors (Lipinski definition) is 1. The molecule has 0 unspecified atom stereocenters. The van der Waals surface area contributed by atoms with Crippen molar-refractivity contribution in [1.29, 1.82) is 0 Å². The molecule has 1 heterocycles. The highest BCUT2D eigenvalue weighted by molar-refractivity contribution is 5.85. The molecule has 0 amide bonds. The summed E-state index contributed by atoms with van der Waals surface area (Å²) in [6.07, 6.45) is 0. The van der Waals surface area contributed by atoms with Gasteiger partial charge in [0, 0.05) is 11.9 Å². The standard InChI is InChI=1S/C13H16N2O/c1-3-14-12-9-8-10-6-5-7-11(16-4-2)13(10)15-12/h5-9H,3-4H2,1-2H3,(H,14,15). The molecule has 1 aromatic carbocycles. The highest BCUT2D eigenvalue weighted by atomic mass is 16.5. The highest BCUT2D eigenvalue weighted by Gasteiger charge is 2.03. The van der Waals surface area contributed by atoms with Gasteiger partial charge < -0.3 is 10.1 Å². The second kappa shape index (κ2) is 4.84. The first-order valence-electron chi connectivity index (χ1n) is 5.61. The van der Waals surface area contributed by atoms with Gasteiger partial charge >= 0.3 is 0 Å². The van der Waals surface area contributed by atoms with Crippen LogP contribution in [0.5, 0.6) is 5.75 Å². The largest absolute Gasteiger partial charge is 0.492 e. The number of anilines is 1. The molecule has 1 N–H and O–H groups in total. The first-order valence-corrected chi connectivity index (χ1v) is 5.61. The van der Waals surface area contributed by atoms with Crippen molar-refractivity contribution in [2.45, 2.75) is 13.8 Å². The number of para-hydroxylation sites is 1. The molecule has 16 heavy (non-hydrogen) atoms. The summed E-state index contributed by atoms with van der Waals surface area (Å²) in [6.45, 7) is 5.56. The van der Waals surface area contributed by atoms with Crippen molar-refractivity contribution >= 4 is 16.7 Å². The third-order valence-corrected chi connectivity index (χ3v) is 2.34. The number of hydrogen-bond acceptors (Lipinski definition) is 3. The zero-order valence-electron chi connectivity index (χ0n) is 9.66. The number of ether oxygens (including phenoxy) is 1. The Hall–Kier alpha value is -1.77. The average molecular weight is 216 g/mol. The number of nitrogens with one attached hydrogen (secondary N) is 1. The van der Waals surface area contributed by atoms with Gasteiger partial charge in [-0.25, -0.2) is 4.98 Å². The maximum absolute atomic E-state index is 5.56. The molecule has 0 fully saturated rings. The summed E-state index contributed by atoms with van der Waals surface area (Å²) < 4.78 is 5.56. The molecule has 1 aromatic heterocycles. The molecule has 0 spiro atoms. The zero-order valence-corrected chi connectivity index (χ0v) is 9.66. The van der Waals surface area contributed by atoms with Gasteiger partial charge in [-0.1, -0.05) is 12.1 Å². The van der Waals surface area contributed by atoms with Crippen LogP contribution < -0.4 is 10.1 Å². The monoisotopic (exact) mass is 216 g/mol. The van der Waals surface area contributed by atoms with Crippen LogP contribution in [0.3, 0.4) is 0 Å². The van der Waals surface area contributed by atoms with E-state index in [1.54, 1.807) is 0 Å². The van der Waals surface area contributed by atoms with Crippen LogP contribution in [0.15, 0.2) is 30.3 Å². The molecule has 2 aromatic rings. The van der Waals surface area contributed by atoms with Crippen molar-refractivity contribution in [3.63, 3.8) is 0 Å². The molecule has 0 bridgehead atoms. The fraction of sp³-hybridized carbons (Fsp3) is 0.308. The Balaban J connectivity index is 2.50. The second-order valence-corrected chi connectivity index (χ2v) is 3.49. The minimum Gasteiger partial charge on any atom is -0.492 e. The average Bonchev–Trinajstić information content (AvgIpc) is 2.31. The lowest BCUT2D eigenvalue weighted by atomic mass is 10.2. The maximum atomic E-state index is 5.56. The molecule has 0 saturated heterocycles. The SMILES string of the molecule is CCNc1ccc2cccc(OCC)c2n1. The fourth-order valence-electron chi connectivity index (χ4n) is 1.67. The fourth-order valence-corrected chi connectivity index (χ4v) is 1.67. The molecule has 3 nitrogen and oxygen atoms in total. The number of nitrogens with zero attached hydrogens (tertiary/aromatic N) is 1. The van der Waals surface area contributed by atoms with Crippen LogP contribution in [0.4, 0.5) is 5.82 Å². The van der Waals surface area contributed by atoms with E-state index >= 15 is 0 Å². The van der Waals surface area contributed by atoms with Crippen molar-refractivity contribution in [3.8, 4) is 5.75 Å². The summed E-state index contributed by atoms with van der Waals surface area (Å²) in [5.41, 5.74) is 0.919. The van der Waals surface area contributed by atoms with Crippen LogP contribution in [0.25, 0.3) is 10.9 Å². The van der Waals surface area contributed by atoms with Crippen molar-refractivity contribution < 1.29 is 4.74 Å². The summed E-state index contributed by atoms with van der Waals surface area (Å²) in [5.74, 6) is 1.74. The molecule has 0 radical (unpaired) electrons. The van der Waals surface area contributed by atoms with Crippen LogP contribution in [-0.4, -0.2) is 18.1 Å². The van der Waals surface area contributed by atoms with Gasteiger partial charge in [0.25, 0.3) is 0 Å². The molecule has 0 aliphatic rings. The molecule has 3 heteroatoms. The summed E-state index contributed by atoms with van der Waals surface area (Å²) in [4.78, 5) is 4.55. The van der Waals surface area contributed by atoms with Crippen molar-refractivity contribution in [3.05, 3.63) is 30.3 Å². The lowest BCUT2D eigenvalue weighted by molar-refractivity contribution is 0.343. The van der Waals surface area contributed by atoms with Gasteiger partial charge in [0.2, 0.25) is 0 Å². The molecule has 0 aliphatic carbocycles. The molecule has 0 aliphatic heterocycles. The molecular formula is C13H16N2O. The first kappa shape index (κ1) is 10.7. The van der Waals surface area contributed by atoms with Gasteiger partial charge in [0.1, 0.15) is 17.1 Å². The number of aromatic nitrogens is 1. The molecular weight excluding hydrogens is 200 g/mol. The van der Waals surface area contributed by atoms with E-state index in [1.807, 2.05) is 31.2 Å². The summed E-state index contributed by atoms with van der Waals surface area (Å²) >= 11 is 0. The van der Waals surface area contributed by atoms with E-state index in [9.17, 15) is 0 Å². The van der Waals surface area contributed by atoms with E-state index in [0.29, 0.717) is 6.61 Å². The van der Waals surface area contributed by atoms with Gasteiger partial charge in [-0.05, 0) is 32.0 Å².